The van der Waals surface area contributed by atoms with Crippen molar-refractivity contribution in [3.05, 3.63) is 0 Å². The molecule has 0 fully saturated rings. The van der Waals surface area contributed by atoms with Crippen LogP contribution in [0.5, 0.6) is 0 Å². The fourth-order valence-corrected chi connectivity index (χ4v) is 6.97. The van der Waals surface area contributed by atoms with E-state index < -0.39 is 17.2 Å². The Morgan fingerprint density at radius 3 is 1.50 bits per heavy atom. The van der Waals surface area contributed by atoms with Crippen molar-refractivity contribution in [3.63, 3.8) is 0 Å². The predicted molar refractivity (Wildman–Crippen MR) is 58.0 cm³/mol. The fourth-order valence-electron chi connectivity index (χ4n) is 0.775. The first-order valence-corrected chi connectivity index (χ1v) is 9.86. The molecule has 4 heteroatoms. The topological polar surface area (TPSA) is 3.24 Å². The fraction of sp³-hybridized carbons (Fsp3) is 1.00. The summed E-state index contributed by atoms with van der Waals surface area (Å²) in [6.45, 7) is 12.0. The molecule has 0 aliphatic heterocycles. The molecule has 0 spiro atoms. The van der Waals surface area contributed by atoms with Crippen molar-refractivity contribution in [2.75, 3.05) is 7.05 Å². The Balaban J connectivity index is -0.000000107. The molecule has 0 unspecified atom stereocenters. The van der Waals surface area contributed by atoms with Crippen LogP contribution < -0.4 is 0 Å². The monoisotopic (exact) mass is 301 g/mol. The Labute approximate surface area is 111 Å². The zero-order valence-electron chi connectivity index (χ0n) is 10.2. The van der Waals surface area contributed by atoms with E-state index in [0.29, 0.717) is 0 Å². The summed E-state index contributed by atoms with van der Waals surface area (Å²) in [4.78, 5) is 0. The average Bonchev–Trinajstić information content (AvgIpc) is 1.62. The van der Waals surface area contributed by atoms with Crippen LogP contribution in [0, 0.1) is 0 Å². The molecular weight excluding hydrogens is 280 g/mol. The molecule has 0 aromatic carbocycles. The van der Waals surface area contributed by atoms with Crippen molar-refractivity contribution in [3.8, 4) is 0 Å². The molecule has 0 saturated carbocycles. The van der Waals surface area contributed by atoms with Gasteiger partial charge in [-0.15, -0.1) is 0 Å². The Morgan fingerprint density at radius 2 is 1.50 bits per heavy atom. The van der Waals surface area contributed by atoms with Gasteiger partial charge in [-0.3, -0.25) is 0 Å². The third kappa shape index (κ3) is 5.59. The van der Waals surface area contributed by atoms with E-state index in [-0.39, 0.29) is 51.7 Å². The summed E-state index contributed by atoms with van der Waals surface area (Å²) in [6, 6.07) is 0. The molecule has 1 nitrogen and oxygen atoms in total. The molecule has 0 bridgehead atoms. The maximum atomic E-state index is 2.63. The van der Waals surface area contributed by atoms with Crippen LogP contribution in [-0.4, -0.2) is 77.4 Å². The van der Waals surface area contributed by atoms with E-state index in [9.17, 15) is 0 Å². The van der Waals surface area contributed by atoms with Gasteiger partial charge in [-0.25, -0.2) is 0 Å². The second kappa shape index (κ2) is 5.58. The van der Waals surface area contributed by atoms with Gasteiger partial charge in [-0.05, 0) is 7.05 Å². The Bertz CT molecular complexity index is 98.0. The van der Waals surface area contributed by atoms with Crippen LogP contribution in [0.15, 0.2) is 0 Å². The van der Waals surface area contributed by atoms with Crippen LogP contribution in [0.4, 0.5) is 0 Å². The van der Waals surface area contributed by atoms with Gasteiger partial charge in [0.05, 0.1) is 8.96 Å². The smallest absolute Gasteiger partial charge is 1.00 e. The van der Waals surface area contributed by atoms with Gasteiger partial charge in [-0.2, -0.15) is 0 Å². The van der Waals surface area contributed by atoms with Crippen molar-refractivity contribution >= 4 is 66.1 Å². The Morgan fingerprint density at radius 1 is 1.20 bits per heavy atom. The third-order valence-electron chi connectivity index (χ3n) is 1.83. The van der Waals surface area contributed by atoms with Gasteiger partial charge in [0.2, 0.25) is 0 Å². The third-order valence-corrected chi connectivity index (χ3v) is 9.37. The maximum Gasteiger partial charge on any atom is 2.00 e. The standard InChI is InChI=1S/C6H19NSi2.Ba.2H/c1-7(8(2)3)9(4,5)6;;;/h8H,1-6H3;;;/q;+2;2*-1. The van der Waals surface area contributed by atoms with Crippen molar-refractivity contribution in [2.45, 2.75) is 32.7 Å². The zero-order valence-corrected chi connectivity index (χ0v) is 14.8. The van der Waals surface area contributed by atoms with Crippen LogP contribution >= 0.6 is 0 Å². The summed E-state index contributed by atoms with van der Waals surface area (Å²) in [5.41, 5.74) is 0. The summed E-state index contributed by atoms with van der Waals surface area (Å²) in [7, 11) is 0.858. The van der Waals surface area contributed by atoms with Gasteiger partial charge in [-0.1, -0.05) is 32.7 Å². The zero-order chi connectivity index (χ0) is 7.65. The summed E-state index contributed by atoms with van der Waals surface area (Å²) in [5, 5.41) is 0. The normalized spacial score (nSPS) is 12.0. The Hall–Kier alpha value is 1.97. The number of nitrogens with zero attached hydrogens (tertiary/aromatic N) is 1. The molecule has 0 aromatic rings. The van der Waals surface area contributed by atoms with Crippen LogP contribution in [0.1, 0.15) is 2.85 Å². The molecule has 0 saturated heterocycles. The van der Waals surface area contributed by atoms with Crippen LogP contribution in [0.25, 0.3) is 0 Å². The van der Waals surface area contributed by atoms with Crippen molar-refractivity contribution in [2.24, 2.45) is 0 Å². The number of rotatable bonds is 2. The molecule has 0 heterocycles. The second-order valence-corrected chi connectivity index (χ2v) is 12.4. The first-order chi connectivity index (χ1) is 3.85. The molecule has 0 rings (SSSR count). The second-order valence-electron chi connectivity index (χ2n) is 3.88. The Kier molecular flexibility index (Phi) is 8.09. The van der Waals surface area contributed by atoms with E-state index in [1.165, 1.54) is 0 Å². The molecule has 60 valence electrons. The average molecular weight is 301 g/mol. The molecule has 0 atom stereocenters. The minimum atomic E-state index is -0.929. The van der Waals surface area contributed by atoms with E-state index in [2.05, 4.69) is 44.0 Å². The first kappa shape index (κ1) is 14.5. The van der Waals surface area contributed by atoms with Crippen molar-refractivity contribution in [1.29, 1.82) is 0 Å². The molecule has 0 aromatic heterocycles. The van der Waals surface area contributed by atoms with Gasteiger partial charge in [0.1, 0.15) is 8.24 Å². The minimum Gasteiger partial charge on any atom is -1.00 e. The molecule has 0 radical (unpaired) electrons. The van der Waals surface area contributed by atoms with Gasteiger partial charge in [0.15, 0.2) is 0 Å². The van der Waals surface area contributed by atoms with Gasteiger partial charge in [0, 0.05) is 0 Å². The van der Waals surface area contributed by atoms with Gasteiger partial charge >= 0.3 is 48.9 Å². The summed E-state index contributed by atoms with van der Waals surface area (Å²) in [6.07, 6.45) is 0. The molecule has 0 amide bonds. The van der Waals surface area contributed by atoms with E-state index in [0.717, 1.165) is 0 Å². The number of hydrogen-bond donors (Lipinski definition) is 0. The van der Waals surface area contributed by atoms with E-state index >= 15 is 0 Å². The predicted octanol–water partition coefficient (Wildman–Crippen LogP) is 1.58. The van der Waals surface area contributed by atoms with Crippen LogP contribution in [-0.2, 0) is 0 Å². The van der Waals surface area contributed by atoms with Crippen LogP contribution in [0.2, 0.25) is 32.7 Å². The maximum absolute atomic E-state index is 2.63. The molecule has 0 N–H and O–H groups in total. The van der Waals surface area contributed by atoms with Gasteiger partial charge in [0.25, 0.3) is 0 Å². The molecule has 10 heavy (non-hydrogen) atoms. The van der Waals surface area contributed by atoms with E-state index in [1.54, 1.807) is 0 Å². The van der Waals surface area contributed by atoms with E-state index in [1.807, 2.05) is 0 Å². The van der Waals surface area contributed by atoms with Crippen molar-refractivity contribution in [1.82, 2.24) is 4.23 Å². The summed E-state index contributed by atoms with van der Waals surface area (Å²) < 4.78 is 2.63. The quantitative estimate of drug-likeness (QED) is 0.700. The summed E-state index contributed by atoms with van der Waals surface area (Å²) >= 11 is 0. The molecule has 0 aliphatic carbocycles. The van der Waals surface area contributed by atoms with E-state index in [4.69, 9.17) is 0 Å². The van der Waals surface area contributed by atoms with Gasteiger partial charge < -0.3 is 7.08 Å². The SMILES string of the molecule is CN([SiH](C)C)[Si](C)(C)C.[Ba+2].[H-].[H-]. The largest absolute Gasteiger partial charge is 2.00 e. The molecule has 0 aliphatic rings. The van der Waals surface area contributed by atoms with Crippen molar-refractivity contribution < 1.29 is 2.85 Å². The number of hydrogen-bond acceptors (Lipinski definition) is 1. The summed E-state index contributed by atoms with van der Waals surface area (Å²) in [5.74, 6) is 0. The van der Waals surface area contributed by atoms with Crippen LogP contribution in [0.3, 0.4) is 0 Å². The molecular formula is C6H21BaNSi2. The minimum absolute atomic E-state index is 0. The first-order valence-electron chi connectivity index (χ1n) is 3.58.